The van der Waals surface area contributed by atoms with Crippen LogP contribution < -0.4 is 0 Å². The highest BCUT2D eigenvalue weighted by atomic mass is 31.0. The molecule has 0 radical (unpaired) electrons. The molecule has 19 heavy (non-hydrogen) atoms. The quantitative estimate of drug-likeness (QED) is 0.554. The Morgan fingerprint density at radius 2 is 1.05 bits per heavy atom. The fraction of sp³-hybridized carbons (Fsp3) is 0.412. The van der Waals surface area contributed by atoms with E-state index in [1.54, 1.807) is 0 Å². The molecule has 3 rings (SSSR count). The zero-order chi connectivity index (χ0) is 13.0. The highest BCUT2D eigenvalue weighted by Crippen LogP contribution is 2.44. The van der Waals surface area contributed by atoms with Crippen LogP contribution >= 0.6 is 16.4 Å². The summed E-state index contributed by atoms with van der Waals surface area (Å²) in [4.78, 5) is 0. The molecular weight excluding hydrogens is 266 g/mol. The van der Waals surface area contributed by atoms with E-state index in [1.165, 1.54) is 66.0 Å². The second-order valence-electron chi connectivity index (χ2n) is 5.47. The van der Waals surface area contributed by atoms with Gasteiger partial charge in [-0.3, -0.25) is 0 Å². The molecule has 1 fully saturated rings. The predicted molar refractivity (Wildman–Crippen MR) is 86.4 cm³/mol. The van der Waals surface area contributed by atoms with E-state index in [2.05, 4.69) is 47.5 Å². The molecule has 0 aliphatic heterocycles. The van der Waals surface area contributed by atoms with Gasteiger partial charge in [0, 0.05) is 5.41 Å². The molecule has 98 valence electrons. The zero-order valence-corrected chi connectivity index (χ0v) is 13.0. The van der Waals surface area contributed by atoms with E-state index in [0.29, 0.717) is 0 Å². The van der Waals surface area contributed by atoms with E-state index in [4.69, 9.17) is 0 Å². The molecule has 1 aliphatic carbocycles. The van der Waals surface area contributed by atoms with E-state index >= 15 is 0 Å². The van der Waals surface area contributed by atoms with Crippen LogP contribution in [0.4, 0.5) is 0 Å². The van der Waals surface area contributed by atoms with Crippen molar-refractivity contribution < 1.29 is 0 Å². The summed E-state index contributed by atoms with van der Waals surface area (Å²) in [6.07, 6.45) is 8.17. The molecule has 0 amide bonds. The first-order valence-corrected chi connectivity index (χ1v) is 9.29. The van der Waals surface area contributed by atoms with E-state index in [9.17, 15) is 0 Å². The average molecular weight is 286 g/mol. The second kappa shape index (κ2) is 6.17. The summed E-state index contributed by atoms with van der Waals surface area (Å²) in [7, 11) is 2.65. The second-order valence-corrected chi connectivity index (χ2v) is 7.26. The van der Waals surface area contributed by atoms with Crippen LogP contribution in [0.2, 0.25) is 0 Å². The lowest BCUT2D eigenvalue weighted by Crippen LogP contribution is -2.26. The van der Waals surface area contributed by atoms with Crippen LogP contribution in [0.1, 0.15) is 49.7 Å². The van der Waals surface area contributed by atoms with Crippen LogP contribution in [0.25, 0.3) is 0 Å². The topological polar surface area (TPSA) is 0 Å². The van der Waals surface area contributed by atoms with Crippen LogP contribution in [0.3, 0.4) is 0 Å². The molecule has 2 aromatic heterocycles. The Balaban J connectivity index is 2.09. The van der Waals surface area contributed by atoms with E-state index < -0.39 is 0 Å². The van der Waals surface area contributed by atoms with Gasteiger partial charge >= 0.3 is 0 Å². The molecule has 0 spiro atoms. The maximum absolute atomic E-state index is 2.37. The van der Waals surface area contributed by atoms with Crippen molar-refractivity contribution in [1.82, 2.24) is 0 Å². The van der Waals surface area contributed by atoms with E-state index in [1.807, 2.05) is 0 Å². The van der Waals surface area contributed by atoms with Crippen molar-refractivity contribution in [2.24, 2.45) is 0 Å². The van der Waals surface area contributed by atoms with Gasteiger partial charge in [0.15, 0.2) is 0 Å². The normalized spacial score (nSPS) is 18.7. The van der Waals surface area contributed by atoms with Gasteiger partial charge in [-0.05, 0) is 47.2 Å². The predicted octanol–water partition coefficient (Wildman–Crippen LogP) is 6.49. The van der Waals surface area contributed by atoms with Crippen molar-refractivity contribution in [1.29, 1.82) is 0 Å². The molecule has 0 bridgehead atoms. The van der Waals surface area contributed by atoms with E-state index in [0.717, 1.165) is 0 Å². The van der Waals surface area contributed by atoms with E-state index in [-0.39, 0.29) is 5.41 Å². The average Bonchev–Trinajstić information content (AvgIpc) is 2.76. The molecular formula is C17H20P2. The minimum Gasteiger partial charge on any atom is -0.0765 e. The summed E-state index contributed by atoms with van der Waals surface area (Å²) < 4.78 is 0. The van der Waals surface area contributed by atoms with Gasteiger partial charge in [0.2, 0.25) is 0 Å². The van der Waals surface area contributed by atoms with Crippen LogP contribution in [-0.2, 0) is 5.41 Å². The van der Waals surface area contributed by atoms with Gasteiger partial charge in [0.25, 0.3) is 0 Å². The lowest BCUT2D eigenvalue weighted by Gasteiger charge is -2.34. The molecule has 0 unspecified atom stereocenters. The Morgan fingerprint density at radius 3 is 1.47 bits per heavy atom. The van der Waals surface area contributed by atoms with Crippen molar-refractivity contribution in [2.75, 3.05) is 0 Å². The molecule has 0 atom stereocenters. The van der Waals surface area contributed by atoms with Crippen molar-refractivity contribution in [3.8, 4) is 0 Å². The number of hydrogen-bond acceptors (Lipinski definition) is 0. The molecule has 2 aromatic rings. The summed E-state index contributed by atoms with van der Waals surface area (Å²) in [6, 6.07) is 9.48. The van der Waals surface area contributed by atoms with Gasteiger partial charge in [-0.2, -0.15) is 0 Å². The van der Waals surface area contributed by atoms with Gasteiger partial charge in [0.1, 0.15) is 0 Å². The fourth-order valence-electron chi connectivity index (χ4n) is 3.42. The monoisotopic (exact) mass is 286 g/mol. The summed E-state index contributed by atoms with van der Waals surface area (Å²) in [5.41, 5.74) is 3.36. The first-order chi connectivity index (χ1) is 9.42. The molecule has 0 nitrogen and oxygen atoms in total. The Hall–Kier alpha value is -0.700. The van der Waals surface area contributed by atoms with Gasteiger partial charge < -0.3 is 0 Å². The van der Waals surface area contributed by atoms with Crippen molar-refractivity contribution in [3.05, 3.63) is 58.6 Å². The third kappa shape index (κ3) is 2.76. The zero-order valence-electron chi connectivity index (χ0n) is 11.3. The lowest BCUT2D eigenvalue weighted by atomic mass is 9.70. The van der Waals surface area contributed by atoms with Crippen molar-refractivity contribution >= 4 is 16.4 Å². The largest absolute Gasteiger partial charge is 0.0765 e. The molecule has 0 aromatic carbocycles. The minimum atomic E-state index is 0.280. The molecule has 0 N–H and O–H groups in total. The summed E-state index contributed by atoms with van der Waals surface area (Å²) in [5, 5.41) is 0. The number of hydrogen-bond donors (Lipinski definition) is 0. The molecule has 2 heteroatoms. The minimum absolute atomic E-state index is 0.280. The third-order valence-corrected chi connectivity index (χ3v) is 5.71. The lowest BCUT2D eigenvalue weighted by molar-refractivity contribution is 0.446. The Morgan fingerprint density at radius 1 is 0.632 bits per heavy atom. The van der Waals surface area contributed by atoms with Crippen molar-refractivity contribution in [3.63, 3.8) is 0 Å². The smallest absolute Gasteiger partial charge is 0.0203 e. The Kier molecular flexibility index (Phi) is 4.31. The molecule has 0 saturated heterocycles. The van der Waals surface area contributed by atoms with Crippen molar-refractivity contribution in [2.45, 2.75) is 43.9 Å². The first kappa shape index (κ1) is 13.3. The first-order valence-electron chi connectivity index (χ1n) is 7.23. The maximum Gasteiger partial charge on any atom is 0.0203 e. The van der Waals surface area contributed by atoms with Crippen LogP contribution in [0.15, 0.2) is 47.5 Å². The highest BCUT2D eigenvalue weighted by Gasteiger charge is 2.34. The van der Waals surface area contributed by atoms with Crippen LogP contribution in [0.5, 0.6) is 0 Å². The molecule has 1 aliphatic rings. The Labute approximate surface area is 119 Å². The van der Waals surface area contributed by atoms with Gasteiger partial charge in [-0.25, -0.2) is 0 Å². The molecule has 2 heterocycles. The Bertz CT molecular complexity index is 458. The van der Waals surface area contributed by atoms with Crippen LogP contribution in [0, 0.1) is 0 Å². The summed E-state index contributed by atoms with van der Waals surface area (Å²) in [5.74, 6) is 9.15. The fourth-order valence-corrected chi connectivity index (χ4v) is 4.60. The summed E-state index contributed by atoms with van der Waals surface area (Å²) >= 11 is 0. The third-order valence-electron chi connectivity index (χ3n) is 4.42. The van der Waals surface area contributed by atoms with Gasteiger partial charge in [0.05, 0.1) is 0 Å². The SMILES string of the molecule is c1cc(C2(c3ccpcc3)CCCCCC2)ccp1. The standard InChI is InChI=1S/C17H20P2/c1-2-4-10-17(9-3-1,15-5-11-18-12-6-15)16-7-13-19-14-8-16/h5-8,11-14H,1-4,9-10H2. The van der Waals surface area contributed by atoms with Gasteiger partial charge in [-0.15, -0.1) is 0 Å². The molecule has 1 saturated carbocycles. The summed E-state index contributed by atoms with van der Waals surface area (Å²) in [6.45, 7) is 0. The van der Waals surface area contributed by atoms with Crippen LogP contribution in [-0.4, -0.2) is 0 Å². The number of rotatable bonds is 2. The highest BCUT2D eigenvalue weighted by molar-refractivity contribution is 7.28. The van der Waals surface area contributed by atoms with Gasteiger partial charge in [-0.1, -0.05) is 66.3 Å². The maximum atomic E-state index is 2.37.